The Balaban J connectivity index is 2.00. The fraction of sp³-hybridized carbons (Fsp3) is 0.500. The zero-order valence-electron chi connectivity index (χ0n) is 11.4. The van der Waals surface area contributed by atoms with Gasteiger partial charge in [0, 0.05) is 19.1 Å². The third-order valence-electron chi connectivity index (χ3n) is 3.23. The molecule has 2 N–H and O–H groups in total. The van der Waals surface area contributed by atoms with Crippen molar-refractivity contribution in [2.45, 2.75) is 18.9 Å². The summed E-state index contributed by atoms with van der Waals surface area (Å²) in [6.45, 7) is 0.717. The van der Waals surface area contributed by atoms with Crippen LogP contribution in [0.15, 0.2) is 12.1 Å². The van der Waals surface area contributed by atoms with Crippen molar-refractivity contribution >= 4 is 33.2 Å². The van der Waals surface area contributed by atoms with Crippen LogP contribution in [-0.2, 0) is 10.0 Å². The van der Waals surface area contributed by atoms with E-state index in [0.29, 0.717) is 24.3 Å². The summed E-state index contributed by atoms with van der Waals surface area (Å²) >= 11 is 0.901. The first-order valence-corrected chi connectivity index (χ1v) is 9.03. The normalized spacial score (nSPS) is 20.1. The molecule has 1 aliphatic rings. The SMILES string of the molecule is CS(=O)(=O)N1CCC[C@H](NC(=O)c2ccc(C(=O)O)s2)C1. The molecule has 2 heterocycles. The zero-order valence-corrected chi connectivity index (χ0v) is 13.0. The molecule has 1 amide bonds. The molecule has 116 valence electrons. The van der Waals surface area contributed by atoms with Gasteiger partial charge in [-0.25, -0.2) is 17.5 Å². The van der Waals surface area contributed by atoms with Crippen molar-refractivity contribution in [1.29, 1.82) is 0 Å². The van der Waals surface area contributed by atoms with E-state index >= 15 is 0 Å². The number of rotatable bonds is 4. The standard InChI is InChI=1S/C12H16N2O5S2/c1-21(18,19)14-6-2-3-8(7-14)13-11(15)9-4-5-10(20-9)12(16)17/h4-5,8H,2-3,6-7H2,1H3,(H,13,15)(H,16,17)/t8-/m0/s1. The van der Waals surface area contributed by atoms with E-state index in [2.05, 4.69) is 5.32 Å². The van der Waals surface area contributed by atoms with Crippen LogP contribution in [-0.4, -0.2) is 55.1 Å². The van der Waals surface area contributed by atoms with Crippen molar-refractivity contribution in [2.24, 2.45) is 0 Å². The van der Waals surface area contributed by atoms with E-state index in [1.807, 2.05) is 0 Å². The number of nitrogens with one attached hydrogen (secondary N) is 1. The summed E-state index contributed by atoms with van der Waals surface area (Å²) in [7, 11) is -3.26. The van der Waals surface area contributed by atoms with E-state index in [9.17, 15) is 18.0 Å². The van der Waals surface area contributed by atoms with Crippen LogP contribution in [0.1, 0.15) is 32.2 Å². The number of aromatic carboxylic acids is 1. The van der Waals surface area contributed by atoms with Crippen LogP contribution >= 0.6 is 11.3 Å². The summed E-state index contributed by atoms with van der Waals surface area (Å²) in [6.07, 6.45) is 2.54. The van der Waals surface area contributed by atoms with Gasteiger partial charge in [0.05, 0.1) is 11.1 Å². The van der Waals surface area contributed by atoms with Gasteiger partial charge in [-0.1, -0.05) is 0 Å². The van der Waals surface area contributed by atoms with Gasteiger partial charge >= 0.3 is 5.97 Å². The lowest BCUT2D eigenvalue weighted by atomic mass is 10.1. The smallest absolute Gasteiger partial charge is 0.345 e. The molecule has 0 aliphatic carbocycles. The van der Waals surface area contributed by atoms with E-state index < -0.39 is 16.0 Å². The average Bonchev–Trinajstić information content (AvgIpc) is 2.88. The van der Waals surface area contributed by atoms with E-state index in [1.54, 1.807) is 0 Å². The highest BCUT2D eigenvalue weighted by Gasteiger charge is 2.27. The lowest BCUT2D eigenvalue weighted by Crippen LogP contribution is -2.49. The maximum Gasteiger partial charge on any atom is 0.345 e. The molecule has 9 heteroatoms. The fourth-order valence-electron chi connectivity index (χ4n) is 2.19. The Morgan fingerprint density at radius 3 is 2.62 bits per heavy atom. The molecule has 0 bridgehead atoms. The summed E-state index contributed by atoms with van der Waals surface area (Å²) in [5, 5.41) is 11.6. The fourth-order valence-corrected chi connectivity index (χ4v) is 3.85. The molecular weight excluding hydrogens is 316 g/mol. The predicted molar refractivity (Wildman–Crippen MR) is 78.2 cm³/mol. The summed E-state index contributed by atoms with van der Waals surface area (Å²) in [4.78, 5) is 23.2. The summed E-state index contributed by atoms with van der Waals surface area (Å²) in [5.41, 5.74) is 0. The molecular formula is C12H16N2O5S2. The summed E-state index contributed by atoms with van der Waals surface area (Å²) in [6, 6.07) is 2.59. The number of nitrogens with zero attached hydrogens (tertiary/aromatic N) is 1. The minimum Gasteiger partial charge on any atom is -0.477 e. The first-order chi connectivity index (χ1) is 9.77. The van der Waals surface area contributed by atoms with Gasteiger partial charge in [0.25, 0.3) is 5.91 Å². The molecule has 1 saturated heterocycles. The van der Waals surface area contributed by atoms with Crippen LogP contribution in [0.3, 0.4) is 0 Å². The van der Waals surface area contributed by atoms with Crippen LogP contribution in [0.4, 0.5) is 0 Å². The first-order valence-electron chi connectivity index (χ1n) is 6.36. The number of sulfonamides is 1. The van der Waals surface area contributed by atoms with Crippen molar-refractivity contribution in [2.75, 3.05) is 19.3 Å². The van der Waals surface area contributed by atoms with E-state index in [4.69, 9.17) is 5.11 Å². The minimum absolute atomic E-state index is 0.0987. The molecule has 1 fully saturated rings. The number of carboxylic acids is 1. The van der Waals surface area contributed by atoms with Gasteiger partial charge in [-0.05, 0) is 25.0 Å². The Bertz CT molecular complexity index is 652. The van der Waals surface area contributed by atoms with E-state index in [1.165, 1.54) is 16.4 Å². The third-order valence-corrected chi connectivity index (χ3v) is 5.57. The number of thiophene rings is 1. The molecule has 0 saturated carbocycles. The Hall–Kier alpha value is -1.45. The molecule has 0 radical (unpaired) electrons. The highest BCUT2D eigenvalue weighted by Crippen LogP contribution is 2.18. The van der Waals surface area contributed by atoms with Gasteiger partial charge in [-0.2, -0.15) is 0 Å². The lowest BCUT2D eigenvalue weighted by Gasteiger charge is -2.31. The van der Waals surface area contributed by atoms with Crippen LogP contribution < -0.4 is 5.32 Å². The Morgan fingerprint density at radius 1 is 1.38 bits per heavy atom. The number of hydrogen-bond acceptors (Lipinski definition) is 5. The van der Waals surface area contributed by atoms with Crippen LogP contribution in [0.5, 0.6) is 0 Å². The number of carbonyl (C=O) groups is 2. The highest BCUT2D eigenvalue weighted by atomic mass is 32.2. The van der Waals surface area contributed by atoms with Gasteiger partial charge < -0.3 is 10.4 Å². The van der Waals surface area contributed by atoms with Crippen LogP contribution in [0, 0.1) is 0 Å². The molecule has 1 aromatic rings. The number of carboxylic acid groups (broad SMARTS) is 1. The molecule has 0 aromatic carbocycles. The molecule has 1 aromatic heterocycles. The summed E-state index contributed by atoms with van der Waals surface area (Å²) < 4.78 is 24.4. The predicted octanol–water partition coefficient (Wildman–Crippen LogP) is 0.600. The molecule has 2 rings (SSSR count). The number of piperidine rings is 1. The first kappa shape index (κ1) is 15.9. The molecule has 7 nitrogen and oxygen atoms in total. The number of carbonyl (C=O) groups excluding carboxylic acids is 1. The van der Waals surface area contributed by atoms with Crippen LogP contribution in [0.25, 0.3) is 0 Å². The maximum atomic E-state index is 12.0. The Kier molecular flexibility index (Phi) is 4.64. The molecule has 1 aliphatic heterocycles. The molecule has 21 heavy (non-hydrogen) atoms. The largest absolute Gasteiger partial charge is 0.477 e. The van der Waals surface area contributed by atoms with E-state index in [-0.39, 0.29) is 23.4 Å². The second kappa shape index (κ2) is 6.12. The maximum absolute atomic E-state index is 12.0. The van der Waals surface area contributed by atoms with Crippen molar-refractivity contribution in [1.82, 2.24) is 9.62 Å². The van der Waals surface area contributed by atoms with Crippen molar-refractivity contribution in [3.63, 3.8) is 0 Å². The van der Waals surface area contributed by atoms with Crippen molar-refractivity contribution in [3.8, 4) is 0 Å². The Morgan fingerprint density at radius 2 is 2.05 bits per heavy atom. The lowest BCUT2D eigenvalue weighted by molar-refractivity contribution is 0.0702. The molecule has 0 spiro atoms. The third kappa shape index (κ3) is 4.02. The zero-order chi connectivity index (χ0) is 15.6. The molecule has 0 unspecified atom stereocenters. The second-order valence-corrected chi connectivity index (χ2v) is 7.97. The van der Waals surface area contributed by atoms with E-state index in [0.717, 1.165) is 17.6 Å². The van der Waals surface area contributed by atoms with Gasteiger partial charge in [-0.3, -0.25) is 4.79 Å². The van der Waals surface area contributed by atoms with Gasteiger partial charge in [0.2, 0.25) is 10.0 Å². The summed E-state index contributed by atoms with van der Waals surface area (Å²) in [5.74, 6) is -1.44. The van der Waals surface area contributed by atoms with Crippen molar-refractivity contribution < 1.29 is 23.1 Å². The minimum atomic E-state index is -3.26. The molecule has 1 atom stereocenters. The highest BCUT2D eigenvalue weighted by molar-refractivity contribution is 7.88. The topological polar surface area (TPSA) is 104 Å². The Labute approximate surface area is 126 Å². The number of amides is 1. The van der Waals surface area contributed by atoms with Gasteiger partial charge in [0.15, 0.2) is 0 Å². The quantitative estimate of drug-likeness (QED) is 0.840. The van der Waals surface area contributed by atoms with Gasteiger partial charge in [-0.15, -0.1) is 11.3 Å². The second-order valence-electron chi connectivity index (χ2n) is 4.90. The average molecular weight is 332 g/mol. The van der Waals surface area contributed by atoms with Crippen molar-refractivity contribution in [3.05, 3.63) is 21.9 Å². The van der Waals surface area contributed by atoms with Gasteiger partial charge in [0.1, 0.15) is 4.88 Å². The monoisotopic (exact) mass is 332 g/mol. The van der Waals surface area contributed by atoms with Crippen LogP contribution in [0.2, 0.25) is 0 Å². The number of hydrogen-bond donors (Lipinski definition) is 2.